The lowest BCUT2D eigenvalue weighted by atomic mass is 9.96. The Morgan fingerprint density at radius 1 is 1.57 bits per heavy atom. The van der Waals surface area contributed by atoms with E-state index in [1.165, 1.54) is 12.2 Å². The molecule has 0 bridgehead atoms. The third kappa shape index (κ3) is 1.94. The molecule has 0 spiro atoms. The van der Waals surface area contributed by atoms with Gasteiger partial charge in [-0.2, -0.15) is 11.8 Å². The molecule has 80 valence electrons. The van der Waals surface area contributed by atoms with Gasteiger partial charge < -0.3 is 9.84 Å². The van der Waals surface area contributed by atoms with Gasteiger partial charge in [-0.15, -0.1) is 0 Å². The van der Waals surface area contributed by atoms with Crippen molar-refractivity contribution in [3.8, 4) is 0 Å². The fourth-order valence-corrected chi connectivity index (χ4v) is 3.40. The summed E-state index contributed by atoms with van der Waals surface area (Å²) in [7, 11) is 0. The molecule has 2 atom stereocenters. The largest absolute Gasteiger partial charge is 0.495 e. The zero-order chi connectivity index (χ0) is 10.0. The zero-order valence-electron chi connectivity index (χ0n) is 8.66. The van der Waals surface area contributed by atoms with Gasteiger partial charge in [0.15, 0.2) is 0 Å². The molecule has 2 unspecified atom stereocenters. The van der Waals surface area contributed by atoms with Crippen LogP contribution in [0.15, 0.2) is 11.8 Å². The molecule has 0 aromatic rings. The quantitative estimate of drug-likeness (QED) is 0.765. The van der Waals surface area contributed by atoms with Crippen LogP contribution in [0.1, 0.15) is 32.6 Å². The maximum absolute atomic E-state index is 10.2. The van der Waals surface area contributed by atoms with Crippen LogP contribution in [0, 0.1) is 0 Å². The second-order valence-electron chi connectivity index (χ2n) is 4.26. The first-order valence-electron chi connectivity index (χ1n) is 5.37. The lowest BCUT2D eigenvalue weighted by Crippen LogP contribution is -2.36. The monoisotopic (exact) mass is 214 g/mol. The van der Waals surface area contributed by atoms with Gasteiger partial charge in [-0.3, -0.25) is 0 Å². The summed E-state index contributed by atoms with van der Waals surface area (Å²) in [6.45, 7) is 2.91. The van der Waals surface area contributed by atoms with Crippen molar-refractivity contribution in [3.63, 3.8) is 0 Å². The summed E-state index contributed by atoms with van der Waals surface area (Å²) in [4.78, 5) is 0. The summed E-state index contributed by atoms with van der Waals surface area (Å²) in [5, 5.41) is 10.2. The van der Waals surface area contributed by atoms with Crippen LogP contribution in [0.5, 0.6) is 0 Å². The number of ether oxygens (including phenoxy) is 1. The van der Waals surface area contributed by atoms with E-state index in [0.717, 1.165) is 31.6 Å². The van der Waals surface area contributed by atoms with E-state index in [4.69, 9.17) is 4.74 Å². The Morgan fingerprint density at radius 3 is 3.00 bits per heavy atom. The standard InChI is InChI=1S/C11H18O2S/c1-11(6-4-8-14-11)10(12)9-5-2-3-7-13-9/h5,10,12H,2-4,6-8H2,1H3. The first kappa shape index (κ1) is 10.4. The maximum atomic E-state index is 10.2. The molecule has 2 aliphatic heterocycles. The van der Waals surface area contributed by atoms with Gasteiger partial charge in [0.1, 0.15) is 11.9 Å². The Balaban J connectivity index is 2.05. The van der Waals surface area contributed by atoms with Gasteiger partial charge in [-0.1, -0.05) is 0 Å². The van der Waals surface area contributed by atoms with Gasteiger partial charge in [-0.25, -0.2) is 0 Å². The van der Waals surface area contributed by atoms with E-state index in [9.17, 15) is 5.11 Å². The highest BCUT2D eigenvalue weighted by atomic mass is 32.2. The van der Waals surface area contributed by atoms with Crippen molar-refractivity contribution in [3.05, 3.63) is 11.8 Å². The minimum absolute atomic E-state index is 0.0107. The summed E-state index contributed by atoms with van der Waals surface area (Å²) in [6.07, 6.45) is 6.09. The molecule has 2 nitrogen and oxygen atoms in total. The van der Waals surface area contributed by atoms with Crippen LogP contribution >= 0.6 is 11.8 Å². The van der Waals surface area contributed by atoms with Crippen LogP contribution in [-0.2, 0) is 4.74 Å². The van der Waals surface area contributed by atoms with Crippen LogP contribution in [0.2, 0.25) is 0 Å². The fraction of sp³-hybridized carbons (Fsp3) is 0.818. The molecule has 0 saturated carbocycles. The topological polar surface area (TPSA) is 29.5 Å². The van der Waals surface area contributed by atoms with Crippen molar-refractivity contribution in [2.75, 3.05) is 12.4 Å². The Kier molecular flexibility index (Phi) is 3.07. The van der Waals surface area contributed by atoms with Gasteiger partial charge >= 0.3 is 0 Å². The van der Waals surface area contributed by atoms with Gasteiger partial charge in [0, 0.05) is 4.75 Å². The van der Waals surface area contributed by atoms with Crippen molar-refractivity contribution in [2.24, 2.45) is 0 Å². The lowest BCUT2D eigenvalue weighted by molar-refractivity contribution is 0.0703. The summed E-state index contributed by atoms with van der Waals surface area (Å²) < 4.78 is 5.50. The lowest BCUT2D eigenvalue weighted by Gasteiger charge is -2.31. The molecule has 0 aromatic carbocycles. The van der Waals surface area contributed by atoms with Gasteiger partial charge in [-0.05, 0) is 44.4 Å². The van der Waals surface area contributed by atoms with E-state index >= 15 is 0 Å². The first-order valence-corrected chi connectivity index (χ1v) is 6.36. The van der Waals surface area contributed by atoms with Crippen LogP contribution < -0.4 is 0 Å². The number of allylic oxidation sites excluding steroid dienone is 1. The Bertz CT molecular complexity index is 231. The Morgan fingerprint density at radius 2 is 2.43 bits per heavy atom. The van der Waals surface area contributed by atoms with Crippen molar-refractivity contribution in [1.82, 2.24) is 0 Å². The molecule has 1 fully saturated rings. The molecule has 2 rings (SSSR count). The molecule has 0 radical (unpaired) electrons. The summed E-state index contributed by atoms with van der Waals surface area (Å²) >= 11 is 1.88. The average Bonchev–Trinajstić information content (AvgIpc) is 2.67. The Labute approximate surface area is 89.7 Å². The van der Waals surface area contributed by atoms with E-state index in [0.29, 0.717) is 0 Å². The first-order chi connectivity index (χ1) is 6.72. The second-order valence-corrected chi connectivity index (χ2v) is 5.89. The molecule has 0 amide bonds. The van der Waals surface area contributed by atoms with Crippen molar-refractivity contribution < 1.29 is 9.84 Å². The van der Waals surface area contributed by atoms with Crippen LogP contribution in [0.4, 0.5) is 0 Å². The predicted molar refractivity (Wildman–Crippen MR) is 59.4 cm³/mol. The van der Waals surface area contributed by atoms with Crippen molar-refractivity contribution >= 4 is 11.8 Å². The minimum Gasteiger partial charge on any atom is -0.495 e. The molecule has 0 aromatic heterocycles. The Hall–Kier alpha value is -0.150. The third-order valence-corrected chi connectivity index (χ3v) is 4.64. The number of hydrogen-bond acceptors (Lipinski definition) is 3. The molecule has 2 heterocycles. The van der Waals surface area contributed by atoms with Gasteiger partial charge in [0.05, 0.1) is 6.61 Å². The van der Waals surface area contributed by atoms with Crippen molar-refractivity contribution in [1.29, 1.82) is 0 Å². The zero-order valence-corrected chi connectivity index (χ0v) is 9.48. The number of aliphatic hydroxyl groups is 1. The van der Waals surface area contributed by atoms with E-state index in [-0.39, 0.29) is 4.75 Å². The SMILES string of the molecule is CC1(C(O)C2=CCCCO2)CCCS1. The molecular formula is C11H18O2S. The normalized spacial score (nSPS) is 34.9. The highest BCUT2D eigenvalue weighted by Gasteiger charge is 2.39. The highest BCUT2D eigenvalue weighted by Crippen LogP contribution is 2.43. The van der Waals surface area contributed by atoms with Gasteiger partial charge in [0.25, 0.3) is 0 Å². The molecule has 1 N–H and O–H groups in total. The van der Waals surface area contributed by atoms with Crippen LogP contribution in [0.3, 0.4) is 0 Å². The van der Waals surface area contributed by atoms with Crippen LogP contribution in [-0.4, -0.2) is 28.3 Å². The summed E-state index contributed by atoms with van der Waals surface area (Å²) in [5.41, 5.74) is 0. The van der Waals surface area contributed by atoms with E-state index < -0.39 is 6.10 Å². The van der Waals surface area contributed by atoms with Crippen LogP contribution in [0.25, 0.3) is 0 Å². The smallest absolute Gasteiger partial charge is 0.125 e. The molecule has 3 heteroatoms. The van der Waals surface area contributed by atoms with E-state index in [2.05, 4.69) is 13.0 Å². The number of rotatable bonds is 2. The number of hydrogen-bond donors (Lipinski definition) is 1. The average molecular weight is 214 g/mol. The summed E-state index contributed by atoms with van der Waals surface area (Å²) in [6, 6.07) is 0. The molecule has 2 aliphatic rings. The minimum atomic E-state index is -0.407. The number of thioether (sulfide) groups is 1. The third-order valence-electron chi connectivity index (χ3n) is 3.06. The van der Waals surface area contributed by atoms with E-state index in [1.54, 1.807) is 0 Å². The number of aliphatic hydroxyl groups excluding tert-OH is 1. The summed E-state index contributed by atoms with van der Waals surface area (Å²) in [5.74, 6) is 1.98. The molecule has 14 heavy (non-hydrogen) atoms. The molecular weight excluding hydrogens is 196 g/mol. The van der Waals surface area contributed by atoms with E-state index in [1.807, 2.05) is 11.8 Å². The fourth-order valence-electron chi connectivity index (χ4n) is 2.08. The molecule has 0 aliphatic carbocycles. The highest BCUT2D eigenvalue weighted by molar-refractivity contribution is 8.00. The maximum Gasteiger partial charge on any atom is 0.125 e. The molecule has 1 saturated heterocycles. The van der Waals surface area contributed by atoms with Crippen molar-refractivity contribution in [2.45, 2.75) is 43.5 Å². The van der Waals surface area contributed by atoms with Gasteiger partial charge in [0.2, 0.25) is 0 Å². The predicted octanol–water partition coefficient (Wildman–Crippen LogP) is 2.33. The second kappa shape index (κ2) is 4.15.